The molecule has 0 saturated carbocycles. The molecular formula is C11H20O2. The summed E-state index contributed by atoms with van der Waals surface area (Å²) in [6.07, 6.45) is 2.61. The molecule has 0 aliphatic rings. The van der Waals surface area contributed by atoms with Gasteiger partial charge in [-0.3, -0.25) is 4.79 Å². The molecule has 0 saturated heterocycles. The van der Waals surface area contributed by atoms with Gasteiger partial charge in [0.15, 0.2) is 0 Å². The van der Waals surface area contributed by atoms with E-state index < -0.39 is 11.4 Å². The predicted octanol–water partition coefficient (Wildman–Crippen LogP) is 3.09. The third kappa shape index (κ3) is 3.21. The van der Waals surface area contributed by atoms with Crippen molar-refractivity contribution in [1.29, 1.82) is 0 Å². The van der Waals surface area contributed by atoms with E-state index in [9.17, 15) is 4.79 Å². The van der Waals surface area contributed by atoms with Crippen molar-refractivity contribution >= 4 is 5.97 Å². The van der Waals surface area contributed by atoms with Crippen LogP contribution in [0.5, 0.6) is 0 Å². The van der Waals surface area contributed by atoms with Gasteiger partial charge in [0.1, 0.15) is 0 Å². The molecular weight excluding hydrogens is 164 g/mol. The lowest BCUT2D eigenvalue weighted by Gasteiger charge is -2.27. The minimum atomic E-state index is -0.708. The highest BCUT2D eigenvalue weighted by molar-refractivity contribution is 5.74. The predicted molar refractivity (Wildman–Crippen MR) is 54.6 cm³/mol. The quantitative estimate of drug-likeness (QED) is 0.682. The van der Waals surface area contributed by atoms with Crippen LogP contribution in [0.15, 0.2) is 11.6 Å². The SMILES string of the molecule is CC(C)=CCC(C)(C(=O)O)C(C)C. The van der Waals surface area contributed by atoms with E-state index in [1.54, 1.807) is 6.92 Å². The van der Waals surface area contributed by atoms with Gasteiger partial charge in [-0.2, -0.15) is 0 Å². The first kappa shape index (κ1) is 12.2. The lowest BCUT2D eigenvalue weighted by molar-refractivity contribution is -0.150. The van der Waals surface area contributed by atoms with Gasteiger partial charge < -0.3 is 5.11 Å². The fraction of sp³-hybridized carbons (Fsp3) is 0.727. The molecule has 2 nitrogen and oxygen atoms in total. The first-order valence-corrected chi connectivity index (χ1v) is 4.67. The summed E-state index contributed by atoms with van der Waals surface area (Å²) >= 11 is 0. The van der Waals surface area contributed by atoms with Crippen LogP contribution >= 0.6 is 0 Å². The molecule has 0 fully saturated rings. The second kappa shape index (κ2) is 4.45. The van der Waals surface area contributed by atoms with Gasteiger partial charge in [0.2, 0.25) is 0 Å². The van der Waals surface area contributed by atoms with Gasteiger partial charge in [-0.25, -0.2) is 0 Å². The molecule has 0 spiro atoms. The minimum absolute atomic E-state index is 0.153. The monoisotopic (exact) mass is 184 g/mol. The summed E-state index contributed by atoms with van der Waals surface area (Å²) in [5, 5.41) is 9.09. The van der Waals surface area contributed by atoms with Crippen molar-refractivity contribution in [2.24, 2.45) is 11.3 Å². The second-order valence-corrected chi connectivity index (χ2v) is 4.36. The highest BCUT2D eigenvalue weighted by Gasteiger charge is 2.35. The molecule has 76 valence electrons. The van der Waals surface area contributed by atoms with Crippen LogP contribution in [0.4, 0.5) is 0 Å². The van der Waals surface area contributed by atoms with Crippen molar-refractivity contribution < 1.29 is 9.90 Å². The van der Waals surface area contributed by atoms with Crippen molar-refractivity contribution in [1.82, 2.24) is 0 Å². The van der Waals surface area contributed by atoms with Crippen molar-refractivity contribution in [2.75, 3.05) is 0 Å². The maximum atomic E-state index is 11.0. The van der Waals surface area contributed by atoms with Gasteiger partial charge in [-0.1, -0.05) is 25.5 Å². The van der Waals surface area contributed by atoms with Crippen molar-refractivity contribution in [3.63, 3.8) is 0 Å². The van der Waals surface area contributed by atoms with E-state index in [0.29, 0.717) is 6.42 Å². The summed E-state index contributed by atoms with van der Waals surface area (Å²) in [6.45, 7) is 9.69. The summed E-state index contributed by atoms with van der Waals surface area (Å²) in [5.41, 5.74) is 0.546. The van der Waals surface area contributed by atoms with Gasteiger partial charge in [-0.15, -0.1) is 0 Å². The van der Waals surface area contributed by atoms with E-state index in [1.807, 2.05) is 33.8 Å². The van der Waals surface area contributed by atoms with E-state index in [-0.39, 0.29) is 5.92 Å². The Kier molecular flexibility index (Phi) is 4.18. The third-order valence-electron chi connectivity index (χ3n) is 2.70. The highest BCUT2D eigenvalue weighted by atomic mass is 16.4. The molecule has 0 radical (unpaired) electrons. The summed E-state index contributed by atoms with van der Waals surface area (Å²) < 4.78 is 0. The van der Waals surface area contributed by atoms with E-state index in [2.05, 4.69) is 0 Å². The summed E-state index contributed by atoms with van der Waals surface area (Å²) in [7, 11) is 0. The third-order valence-corrected chi connectivity index (χ3v) is 2.70. The summed E-state index contributed by atoms with van der Waals surface area (Å²) in [6, 6.07) is 0. The topological polar surface area (TPSA) is 37.3 Å². The van der Waals surface area contributed by atoms with Crippen LogP contribution in [0, 0.1) is 11.3 Å². The van der Waals surface area contributed by atoms with Gasteiger partial charge in [0, 0.05) is 0 Å². The van der Waals surface area contributed by atoms with Crippen molar-refractivity contribution in [3.8, 4) is 0 Å². The first-order chi connectivity index (χ1) is 5.80. The van der Waals surface area contributed by atoms with Crippen LogP contribution in [-0.2, 0) is 4.79 Å². The Morgan fingerprint density at radius 1 is 1.46 bits per heavy atom. The number of rotatable bonds is 4. The molecule has 0 bridgehead atoms. The summed E-state index contributed by atoms with van der Waals surface area (Å²) in [5.74, 6) is -0.555. The maximum Gasteiger partial charge on any atom is 0.309 e. The van der Waals surface area contributed by atoms with E-state index >= 15 is 0 Å². The van der Waals surface area contributed by atoms with E-state index in [0.717, 1.165) is 0 Å². The zero-order chi connectivity index (χ0) is 10.6. The fourth-order valence-electron chi connectivity index (χ4n) is 0.986. The molecule has 0 aromatic rings. The van der Waals surface area contributed by atoms with E-state index in [1.165, 1.54) is 5.57 Å². The Hall–Kier alpha value is -0.790. The number of carbonyl (C=O) groups is 1. The molecule has 0 amide bonds. The zero-order valence-corrected chi connectivity index (χ0v) is 9.22. The van der Waals surface area contributed by atoms with Crippen LogP contribution in [0.3, 0.4) is 0 Å². The zero-order valence-electron chi connectivity index (χ0n) is 9.22. The van der Waals surface area contributed by atoms with Crippen LogP contribution in [0.1, 0.15) is 41.0 Å². The molecule has 0 aromatic heterocycles. The van der Waals surface area contributed by atoms with Crippen LogP contribution in [0.2, 0.25) is 0 Å². The molecule has 0 aliphatic carbocycles. The highest BCUT2D eigenvalue weighted by Crippen LogP contribution is 2.32. The van der Waals surface area contributed by atoms with Gasteiger partial charge in [-0.05, 0) is 33.1 Å². The second-order valence-electron chi connectivity index (χ2n) is 4.36. The lowest BCUT2D eigenvalue weighted by atomic mass is 9.76. The standard InChI is InChI=1S/C11H20O2/c1-8(2)6-7-11(5,9(3)4)10(12)13/h6,9H,7H2,1-5H3,(H,12,13). The molecule has 0 aliphatic heterocycles. The Labute approximate surface area is 80.7 Å². The van der Waals surface area contributed by atoms with Gasteiger partial charge in [0.25, 0.3) is 0 Å². The number of allylic oxidation sites excluding steroid dienone is 2. The minimum Gasteiger partial charge on any atom is -0.481 e. The molecule has 0 aromatic carbocycles. The Morgan fingerprint density at radius 3 is 2.15 bits per heavy atom. The Morgan fingerprint density at radius 2 is 1.92 bits per heavy atom. The number of carboxylic acid groups (broad SMARTS) is 1. The van der Waals surface area contributed by atoms with Gasteiger partial charge >= 0.3 is 5.97 Å². The van der Waals surface area contributed by atoms with Crippen LogP contribution in [0.25, 0.3) is 0 Å². The lowest BCUT2D eigenvalue weighted by Crippen LogP contribution is -2.32. The van der Waals surface area contributed by atoms with Crippen molar-refractivity contribution in [3.05, 3.63) is 11.6 Å². The molecule has 1 N–H and O–H groups in total. The molecule has 13 heavy (non-hydrogen) atoms. The van der Waals surface area contributed by atoms with Crippen LogP contribution < -0.4 is 0 Å². The summed E-state index contributed by atoms with van der Waals surface area (Å²) in [4.78, 5) is 11.0. The largest absolute Gasteiger partial charge is 0.481 e. The number of carboxylic acids is 1. The number of aliphatic carboxylic acids is 1. The number of hydrogen-bond donors (Lipinski definition) is 1. The normalized spacial score (nSPS) is 15.2. The maximum absolute atomic E-state index is 11.0. The Bertz CT molecular complexity index is 212. The number of hydrogen-bond acceptors (Lipinski definition) is 1. The molecule has 0 rings (SSSR count). The van der Waals surface area contributed by atoms with Crippen molar-refractivity contribution in [2.45, 2.75) is 41.0 Å². The van der Waals surface area contributed by atoms with Crippen LogP contribution in [-0.4, -0.2) is 11.1 Å². The molecule has 1 unspecified atom stereocenters. The first-order valence-electron chi connectivity index (χ1n) is 4.67. The van der Waals surface area contributed by atoms with Gasteiger partial charge in [0.05, 0.1) is 5.41 Å². The average Bonchev–Trinajstić information content (AvgIpc) is 1.99. The fourth-order valence-corrected chi connectivity index (χ4v) is 0.986. The molecule has 0 heterocycles. The van der Waals surface area contributed by atoms with E-state index in [4.69, 9.17) is 5.11 Å². The average molecular weight is 184 g/mol. The molecule has 1 atom stereocenters. The smallest absolute Gasteiger partial charge is 0.309 e. The Balaban J connectivity index is 4.62. The molecule has 2 heteroatoms.